The molecule has 6 heteroatoms. The second-order valence-electron chi connectivity index (χ2n) is 7.99. The molecule has 5 nitrogen and oxygen atoms in total. The smallest absolute Gasteiger partial charge is 0.140 e. The van der Waals surface area contributed by atoms with Crippen LogP contribution in [0.4, 0.5) is 0 Å². The molecule has 2 aliphatic carbocycles. The quantitative estimate of drug-likeness (QED) is 0.530. The number of Topliss-reactive ketones (excluding diaryl/α,β-unsaturated/α-hetero) is 1. The van der Waals surface area contributed by atoms with Crippen LogP contribution in [0.5, 0.6) is 0 Å². The van der Waals surface area contributed by atoms with Gasteiger partial charge in [-0.25, -0.2) is 8.42 Å². The van der Waals surface area contributed by atoms with Gasteiger partial charge < -0.3 is 10.3 Å². The third-order valence-electron chi connectivity index (χ3n) is 6.17. The SMILES string of the molecule is CC1(C)C2CCC1(CS(=O)(=O)[O-])C(=O)C2.CCCCCCCC[NH3+]. The molecule has 2 aliphatic rings. The van der Waals surface area contributed by atoms with Crippen LogP contribution < -0.4 is 5.73 Å². The molecule has 0 aliphatic heterocycles. The summed E-state index contributed by atoms with van der Waals surface area (Å²) in [5.41, 5.74) is 2.58. The summed E-state index contributed by atoms with van der Waals surface area (Å²) in [7, 11) is -4.33. The zero-order chi connectivity index (χ0) is 18.4. The van der Waals surface area contributed by atoms with Crippen molar-refractivity contribution in [1.29, 1.82) is 0 Å². The largest absolute Gasteiger partial charge is 0.748 e. The molecule has 0 amide bonds. The summed E-state index contributed by atoms with van der Waals surface area (Å²) in [5.74, 6) is -0.280. The van der Waals surface area contributed by atoms with Gasteiger partial charge in [0.2, 0.25) is 0 Å². The maximum absolute atomic E-state index is 11.8. The van der Waals surface area contributed by atoms with Gasteiger partial charge in [-0.1, -0.05) is 46.5 Å². The van der Waals surface area contributed by atoms with Gasteiger partial charge in [-0.15, -0.1) is 0 Å². The first-order valence-corrected chi connectivity index (χ1v) is 10.9. The van der Waals surface area contributed by atoms with Crippen molar-refractivity contribution in [3.8, 4) is 0 Å². The normalized spacial score (nSPS) is 27.9. The van der Waals surface area contributed by atoms with Gasteiger partial charge in [0.05, 0.1) is 22.4 Å². The fourth-order valence-corrected chi connectivity index (χ4v) is 5.65. The van der Waals surface area contributed by atoms with E-state index >= 15 is 0 Å². The highest BCUT2D eigenvalue weighted by molar-refractivity contribution is 7.85. The van der Waals surface area contributed by atoms with Crippen molar-refractivity contribution in [1.82, 2.24) is 0 Å². The van der Waals surface area contributed by atoms with Crippen molar-refractivity contribution in [2.45, 2.75) is 78.6 Å². The number of ketones is 1. The lowest BCUT2D eigenvalue weighted by molar-refractivity contribution is -0.368. The minimum atomic E-state index is -4.33. The highest BCUT2D eigenvalue weighted by atomic mass is 32.2. The second kappa shape index (κ2) is 8.77. The van der Waals surface area contributed by atoms with E-state index in [0.717, 1.165) is 13.0 Å². The molecular weight excluding hydrogens is 326 g/mol. The van der Waals surface area contributed by atoms with Crippen LogP contribution in [0.15, 0.2) is 0 Å². The molecule has 3 N–H and O–H groups in total. The van der Waals surface area contributed by atoms with E-state index < -0.39 is 21.3 Å². The number of hydrogen-bond donors (Lipinski definition) is 1. The number of carbonyl (C=O) groups is 1. The predicted molar refractivity (Wildman–Crippen MR) is 94.3 cm³/mol. The fraction of sp³-hybridized carbons (Fsp3) is 0.944. The summed E-state index contributed by atoms with van der Waals surface area (Å²) in [4.78, 5) is 11.8. The van der Waals surface area contributed by atoms with Gasteiger partial charge in [-0.2, -0.15) is 0 Å². The maximum atomic E-state index is 11.8. The van der Waals surface area contributed by atoms with Gasteiger partial charge in [-0.3, -0.25) is 4.79 Å². The topological polar surface area (TPSA) is 102 Å². The Morgan fingerprint density at radius 1 is 1.17 bits per heavy atom. The molecule has 2 bridgehead atoms. The highest BCUT2D eigenvalue weighted by Crippen LogP contribution is 2.64. The Morgan fingerprint density at radius 2 is 1.75 bits per heavy atom. The van der Waals surface area contributed by atoms with E-state index in [-0.39, 0.29) is 17.1 Å². The minimum Gasteiger partial charge on any atom is -0.748 e. The van der Waals surface area contributed by atoms with Crippen molar-refractivity contribution in [2.75, 3.05) is 12.3 Å². The predicted octanol–water partition coefficient (Wildman–Crippen LogP) is 2.52. The molecule has 0 heterocycles. The summed E-state index contributed by atoms with van der Waals surface area (Å²) >= 11 is 0. The first-order valence-electron chi connectivity index (χ1n) is 9.37. The molecule has 0 aromatic heterocycles. The number of unbranched alkanes of at least 4 members (excludes halogenated alkanes) is 5. The van der Waals surface area contributed by atoms with Crippen molar-refractivity contribution in [3.05, 3.63) is 0 Å². The van der Waals surface area contributed by atoms with Crippen molar-refractivity contribution in [2.24, 2.45) is 16.7 Å². The van der Waals surface area contributed by atoms with E-state index in [0.29, 0.717) is 12.8 Å². The van der Waals surface area contributed by atoms with Crippen LogP contribution in [0, 0.1) is 16.7 Å². The van der Waals surface area contributed by atoms with Gasteiger partial charge in [0, 0.05) is 11.8 Å². The second-order valence-corrected chi connectivity index (χ2v) is 9.39. The average Bonchev–Trinajstić information content (AvgIpc) is 2.80. The van der Waals surface area contributed by atoms with Crippen LogP contribution in [0.3, 0.4) is 0 Å². The lowest BCUT2D eigenvalue weighted by Crippen LogP contribution is -2.50. The number of rotatable bonds is 8. The van der Waals surface area contributed by atoms with Gasteiger partial charge in [0.15, 0.2) is 0 Å². The van der Waals surface area contributed by atoms with Gasteiger partial charge in [0.1, 0.15) is 5.78 Å². The van der Waals surface area contributed by atoms with Crippen LogP contribution in [-0.2, 0) is 14.9 Å². The summed E-state index contributed by atoms with van der Waals surface area (Å²) in [6, 6.07) is 0. The Labute approximate surface area is 147 Å². The third kappa shape index (κ3) is 5.02. The minimum absolute atomic E-state index is 0.0248. The standard InChI is InChI=1S/C10H16O4S.C8H19N/c1-9(2)7-3-4-10(9,8(11)5-7)6-15(12,13)14;1-2-3-4-5-6-7-8-9/h7H,3-6H2,1-2H3,(H,12,13,14);2-9H2,1H3. The van der Waals surface area contributed by atoms with Gasteiger partial charge in [-0.05, 0) is 37.0 Å². The first kappa shape index (κ1) is 21.6. The monoisotopic (exact) mass is 361 g/mol. The van der Waals surface area contributed by atoms with Crippen LogP contribution in [0.1, 0.15) is 78.6 Å². The molecule has 0 radical (unpaired) electrons. The van der Waals surface area contributed by atoms with E-state index in [1.807, 2.05) is 13.8 Å². The third-order valence-corrected chi connectivity index (χ3v) is 7.01. The molecule has 0 aromatic carbocycles. The Balaban J connectivity index is 0.000000277. The van der Waals surface area contributed by atoms with Crippen LogP contribution in [0.2, 0.25) is 0 Å². The van der Waals surface area contributed by atoms with Gasteiger partial charge in [0.25, 0.3) is 0 Å². The van der Waals surface area contributed by atoms with Crippen molar-refractivity contribution in [3.63, 3.8) is 0 Å². The molecule has 0 saturated heterocycles. The maximum Gasteiger partial charge on any atom is 0.140 e. The van der Waals surface area contributed by atoms with Crippen LogP contribution in [0.25, 0.3) is 0 Å². The number of hydrogen-bond acceptors (Lipinski definition) is 4. The lowest BCUT2D eigenvalue weighted by Gasteiger charge is -2.37. The van der Waals surface area contributed by atoms with Crippen LogP contribution >= 0.6 is 0 Å². The summed E-state index contributed by atoms with van der Waals surface area (Å²) in [6.45, 7) is 7.20. The van der Waals surface area contributed by atoms with E-state index in [4.69, 9.17) is 0 Å². The van der Waals surface area contributed by atoms with E-state index in [2.05, 4.69) is 12.7 Å². The van der Waals surface area contributed by atoms with Gasteiger partial charge >= 0.3 is 0 Å². The Hall–Kier alpha value is -0.460. The summed E-state index contributed by atoms with van der Waals surface area (Å²) in [6.07, 6.45) is 10.2. The Kier molecular flexibility index (Phi) is 7.88. The number of fused-ring (bicyclic) bond motifs is 2. The molecule has 2 fully saturated rings. The molecule has 2 unspecified atom stereocenters. The zero-order valence-corrected chi connectivity index (χ0v) is 16.4. The van der Waals surface area contributed by atoms with E-state index in [1.54, 1.807) is 0 Å². The zero-order valence-electron chi connectivity index (χ0n) is 15.6. The molecule has 2 saturated carbocycles. The Morgan fingerprint density at radius 3 is 2.17 bits per heavy atom. The molecular formula is C18H35NO4S. The van der Waals surface area contributed by atoms with Crippen molar-refractivity contribution >= 4 is 15.9 Å². The highest BCUT2D eigenvalue weighted by Gasteiger charge is 2.64. The molecule has 24 heavy (non-hydrogen) atoms. The number of quaternary nitrogens is 1. The molecule has 2 atom stereocenters. The molecule has 142 valence electrons. The molecule has 0 aromatic rings. The Bertz CT molecular complexity index is 509. The summed E-state index contributed by atoms with van der Waals surface area (Å²) in [5, 5.41) is 0. The molecule has 2 rings (SSSR count). The number of carbonyl (C=O) groups excluding carboxylic acids is 1. The fourth-order valence-electron chi connectivity index (χ4n) is 4.37. The van der Waals surface area contributed by atoms with E-state index in [9.17, 15) is 17.8 Å². The van der Waals surface area contributed by atoms with Crippen molar-refractivity contribution < 1.29 is 23.5 Å². The van der Waals surface area contributed by atoms with E-state index in [1.165, 1.54) is 38.5 Å². The average molecular weight is 362 g/mol. The summed E-state index contributed by atoms with van der Waals surface area (Å²) < 4.78 is 32.7. The molecule has 0 spiro atoms. The van der Waals surface area contributed by atoms with Crippen LogP contribution in [-0.4, -0.2) is 31.1 Å². The lowest BCUT2D eigenvalue weighted by atomic mass is 9.70. The first-order chi connectivity index (χ1) is 11.1.